The minimum atomic E-state index is -1.37. The summed E-state index contributed by atoms with van der Waals surface area (Å²) in [6, 6.07) is 3.82. The van der Waals surface area contributed by atoms with Gasteiger partial charge >= 0.3 is 0 Å². The molecule has 0 aliphatic carbocycles. The highest BCUT2D eigenvalue weighted by Gasteiger charge is 2.27. The number of ether oxygens (including phenoxy) is 2. The number of nitrogens with one attached hydrogen (secondary N) is 1. The summed E-state index contributed by atoms with van der Waals surface area (Å²) in [6.07, 6.45) is 3.30. The first kappa shape index (κ1) is 14.6. The normalized spacial score (nSPS) is 22.1. The molecule has 0 bridgehead atoms. The average molecular weight is 293 g/mol. The average Bonchev–Trinajstić information content (AvgIpc) is 2.46. The van der Waals surface area contributed by atoms with Crippen molar-refractivity contribution in [2.24, 2.45) is 5.92 Å². The molecule has 0 saturated carbocycles. The van der Waals surface area contributed by atoms with Gasteiger partial charge in [0.2, 0.25) is 0 Å². The highest BCUT2D eigenvalue weighted by atomic mass is 19.1. The predicted octanol–water partition coefficient (Wildman–Crippen LogP) is 3.20. The monoisotopic (exact) mass is 293 g/mol. The Balaban J connectivity index is 1.92. The third-order valence-corrected chi connectivity index (χ3v) is 4.32. The Morgan fingerprint density at radius 2 is 1.95 bits per heavy atom. The summed E-state index contributed by atoms with van der Waals surface area (Å²) in [5.74, 6) is 2.00. The smallest absolute Gasteiger partial charge is 0.161 e. The van der Waals surface area contributed by atoms with Crippen LogP contribution >= 0.6 is 0 Å². The summed E-state index contributed by atoms with van der Waals surface area (Å²) >= 11 is 0. The zero-order valence-electron chi connectivity index (χ0n) is 12.9. The molecule has 1 fully saturated rings. The number of fused-ring (bicyclic) bond motifs is 1. The zero-order chi connectivity index (χ0) is 14.9. The number of hydrogen-bond acceptors (Lipinski definition) is 3. The van der Waals surface area contributed by atoms with Crippen molar-refractivity contribution in [3.63, 3.8) is 0 Å². The van der Waals surface area contributed by atoms with E-state index in [1.165, 1.54) is 12.8 Å². The van der Waals surface area contributed by atoms with Crippen LogP contribution in [0.3, 0.4) is 0 Å². The molecule has 21 heavy (non-hydrogen) atoms. The first-order valence-electron chi connectivity index (χ1n) is 7.86. The molecule has 3 rings (SSSR count). The van der Waals surface area contributed by atoms with Crippen molar-refractivity contribution in [2.75, 3.05) is 26.3 Å². The van der Waals surface area contributed by atoms with E-state index < -0.39 is 5.67 Å². The van der Waals surface area contributed by atoms with Crippen molar-refractivity contribution >= 4 is 0 Å². The number of alkyl halides is 1. The summed E-state index contributed by atoms with van der Waals surface area (Å²) in [7, 11) is 0. The molecule has 0 spiro atoms. The Hall–Kier alpha value is -1.29. The van der Waals surface area contributed by atoms with Crippen LogP contribution in [0.5, 0.6) is 11.5 Å². The van der Waals surface area contributed by atoms with E-state index >= 15 is 0 Å². The third kappa shape index (κ3) is 3.31. The van der Waals surface area contributed by atoms with Crippen LogP contribution in [0.2, 0.25) is 0 Å². The van der Waals surface area contributed by atoms with E-state index in [4.69, 9.17) is 9.47 Å². The molecule has 1 saturated heterocycles. The Kier molecular flexibility index (Phi) is 4.07. The highest BCUT2D eigenvalue weighted by molar-refractivity contribution is 5.50. The van der Waals surface area contributed by atoms with Crippen molar-refractivity contribution in [1.82, 2.24) is 5.32 Å². The first-order chi connectivity index (χ1) is 10.0. The summed E-state index contributed by atoms with van der Waals surface area (Å²) in [5, 5.41) is 3.43. The largest absolute Gasteiger partial charge is 0.486 e. The SMILES string of the molecule is CC(C)(F)c1cc2c(cc1CC1CCCNC1)OCCO2. The topological polar surface area (TPSA) is 30.5 Å². The molecule has 3 nitrogen and oxygen atoms in total. The van der Waals surface area contributed by atoms with Crippen LogP contribution in [0, 0.1) is 5.92 Å². The zero-order valence-corrected chi connectivity index (χ0v) is 12.9. The van der Waals surface area contributed by atoms with E-state index in [0.29, 0.717) is 24.9 Å². The van der Waals surface area contributed by atoms with Crippen molar-refractivity contribution in [1.29, 1.82) is 0 Å². The van der Waals surface area contributed by atoms with Gasteiger partial charge in [-0.1, -0.05) is 0 Å². The second-order valence-corrected chi connectivity index (χ2v) is 6.54. The maximum Gasteiger partial charge on any atom is 0.161 e. The van der Waals surface area contributed by atoms with E-state index in [0.717, 1.165) is 36.4 Å². The van der Waals surface area contributed by atoms with Crippen LogP contribution in [0.25, 0.3) is 0 Å². The van der Waals surface area contributed by atoms with Crippen LogP contribution in [-0.2, 0) is 12.1 Å². The van der Waals surface area contributed by atoms with E-state index in [-0.39, 0.29) is 0 Å². The van der Waals surface area contributed by atoms with Crippen molar-refractivity contribution in [3.05, 3.63) is 23.3 Å². The maximum atomic E-state index is 14.6. The van der Waals surface area contributed by atoms with Crippen molar-refractivity contribution in [3.8, 4) is 11.5 Å². The van der Waals surface area contributed by atoms with Crippen molar-refractivity contribution in [2.45, 2.75) is 38.8 Å². The van der Waals surface area contributed by atoms with Gasteiger partial charge in [-0.3, -0.25) is 0 Å². The Morgan fingerprint density at radius 3 is 2.57 bits per heavy atom. The summed E-state index contributed by atoms with van der Waals surface area (Å²) in [5.41, 5.74) is 0.422. The second kappa shape index (κ2) is 5.84. The minimum Gasteiger partial charge on any atom is -0.486 e. The lowest BCUT2D eigenvalue weighted by molar-refractivity contribution is 0.168. The molecule has 1 N–H and O–H groups in total. The Labute approximate surface area is 125 Å². The molecule has 0 amide bonds. The Morgan fingerprint density at radius 1 is 1.24 bits per heavy atom. The van der Waals surface area contributed by atoms with E-state index in [1.807, 2.05) is 12.1 Å². The molecular weight excluding hydrogens is 269 g/mol. The predicted molar refractivity (Wildman–Crippen MR) is 80.9 cm³/mol. The number of hydrogen-bond donors (Lipinski definition) is 1. The number of halogens is 1. The lowest BCUT2D eigenvalue weighted by Crippen LogP contribution is -2.31. The fourth-order valence-electron chi connectivity index (χ4n) is 3.26. The van der Waals surface area contributed by atoms with Crippen LogP contribution in [-0.4, -0.2) is 26.3 Å². The quantitative estimate of drug-likeness (QED) is 0.928. The molecule has 1 aromatic carbocycles. The fourth-order valence-corrected chi connectivity index (χ4v) is 3.26. The number of piperidine rings is 1. The first-order valence-corrected chi connectivity index (χ1v) is 7.86. The van der Waals surface area contributed by atoms with Gasteiger partial charge in [0.25, 0.3) is 0 Å². The fraction of sp³-hybridized carbons (Fsp3) is 0.647. The molecule has 2 heterocycles. The van der Waals surface area contributed by atoms with Crippen LogP contribution in [0.4, 0.5) is 4.39 Å². The standard InChI is InChI=1S/C17H24FNO2/c1-17(2,18)14-10-16-15(20-6-7-21-16)9-13(14)8-12-4-3-5-19-11-12/h9-10,12,19H,3-8,11H2,1-2H3. The van der Waals surface area contributed by atoms with Gasteiger partial charge in [0.15, 0.2) is 11.5 Å². The third-order valence-electron chi connectivity index (χ3n) is 4.32. The van der Waals surface area contributed by atoms with Gasteiger partial charge in [0, 0.05) is 0 Å². The van der Waals surface area contributed by atoms with Crippen LogP contribution in [0.15, 0.2) is 12.1 Å². The number of benzene rings is 1. The molecule has 0 radical (unpaired) electrons. The van der Waals surface area contributed by atoms with Gasteiger partial charge in [-0.25, -0.2) is 4.39 Å². The van der Waals surface area contributed by atoms with Crippen molar-refractivity contribution < 1.29 is 13.9 Å². The van der Waals surface area contributed by atoms with E-state index in [2.05, 4.69) is 5.32 Å². The maximum absolute atomic E-state index is 14.6. The summed E-state index contributed by atoms with van der Waals surface area (Å²) in [6.45, 7) is 6.43. The molecule has 2 aliphatic heterocycles. The molecule has 4 heteroatoms. The van der Waals surface area contributed by atoms with Crippen LogP contribution < -0.4 is 14.8 Å². The van der Waals surface area contributed by atoms with Gasteiger partial charge in [-0.05, 0) is 75.4 Å². The second-order valence-electron chi connectivity index (χ2n) is 6.54. The van der Waals surface area contributed by atoms with E-state index in [1.54, 1.807) is 13.8 Å². The molecule has 0 aromatic heterocycles. The highest BCUT2D eigenvalue weighted by Crippen LogP contribution is 2.39. The Bertz CT molecular complexity index is 504. The molecule has 1 atom stereocenters. The van der Waals surface area contributed by atoms with Gasteiger partial charge < -0.3 is 14.8 Å². The van der Waals surface area contributed by atoms with Gasteiger partial charge in [0.1, 0.15) is 18.9 Å². The molecular formula is C17H24FNO2. The lowest BCUT2D eigenvalue weighted by Gasteiger charge is -2.28. The lowest BCUT2D eigenvalue weighted by atomic mass is 9.86. The molecule has 1 unspecified atom stereocenters. The van der Waals surface area contributed by atoms with Gasteiger partial charge in [0.05, 0.1) is 0 Å². The molecule has 116 valence electrons. The molecule has 1 aromatic rings. The number of rotatable bonds is 3. The van der Waals surface area contributed by atoms with Gasteiger partial charge in [-0.2, -0.15) is 0 Å². The minimum absolute atomic E-state index is 0.533. The molecule has 2 aliphatic rings. The van der Waals surface area contributed by atoms with E-state index in [9.17, 15) is 4.39 Å². The summed E-state index contributed by atoms with van der Waals surface area (Å²) < 4.78 is 25.9. The summed E-state index contributed by atoms with van der Waals surface area (Å²) in [4.78, 5) is 0. The van der Waals surface area contributed by atoms with Crippen LogP contribution in [0.1, 0.15) is 37.8 Å². The van der Waals surface area contributed by atoms with Gasteiger partial charge in [-0.15, -0.1) is 0 Å².